The van der Waals surface area contributed by atoms with Gasteiger partial charge in [-0.05, 0) is 36.5 Å². The normalized spacial score (nSPS) is 21.0. The van der Waals surface area contributed by atoms with Gasteiger partial charge in [-0.15, -0.1) is 0 Å². The van der Waals surface area contributed by atoms with E-state index in [1.807, 2.05) is 12.1 Å². The van der Waals surface area contributed by atoms with Gasteiger partial charge in [0.1, 0.15) is 5.82 Å². The van der Waals surface area contributed by atoms with Gasteiger partial charge in [0.05, 0.1) is 12.3 Å². The number of aromatic nitrogens is 2. The van der Waals surface area contributed by atoms with Gasteiger partial charge >= 0.3 is 0 Å². The van der Waals surface area contributed by atoms with E-state index < -0.39 is 0 Å². The third-order valence-electron chi connectivity index (χ3n) is 4.99. The van der Waals surface area contributed by atoms with Gasteiger partial charge in [-0.25, -0.2) is 4.39 Å². The molecule has 24 heavy (non-hydrogen) atoms. The third kappa shape index (κ3) is 3.52. The summed E-state index contributed by atoms with van der Waals surface area (Å²) < 4.78 is 20.7. The number of fused-ring (bicyclic) bond motifs is 1. The molecule has 1 unspecified atom stereocenters. The molecule has 4 rings (SSSR count). The lowest BCUT2D eigenvalue weighted by Crippen LogP contribution is -2.34. The fourth-order valence-electron chi connectivity index (χ4n) is 3.60. The van der Waals surface area contributed by atoms with Crippen LogP contribution in [-0.2, 0) is 24.4 Å². The number of methoxy groups -OCH3 is 1. The summed E-state index contributed by atoms with van der Waals surface area (Å²) in [5.41, 5.74) is 3.65. The van der Waals surface area contributed by atoms with Crippen LogP contribution in [0.3, 0.4) is 0 Å². The van der Waals surface area contributed by atoms with E-state index in [9.17, 15) is 4.39 Å². The van der Waals surface area contributed by atoms with Gasteiger partial charge in [0.15, 0.2) is 0 Å². The average molecular weight is 329 g/mol. The quantitative estimate of drug-likeness (QED) is 0.815. The van der Waals surface area contributed by atoms with Crippen molar-refractivity contribution in [2.45, 2.75) is 38.4 Å². The predicted octanol–water partition coefficient (Wildman–Crippen LogP) is 3.18. The minimum absolute atomic E-state index is 0.184. The molecule has 2 heterocycles. The van der Waals surface area contributed by atoms with Crippen LogP contribution >= 0.6 is 0 Å². The van der Waals surface area contributed by atoms with Gasteiger partial charge in [0, 0.05) is 51.0 Å². The summed E-state index contributed by atoms with van der Waals surface area (Å²) >= 11 is 0. The zero-order valence-corrected chi connectivity index (χ0v) is 14.1. The molecular weight excluding hydrogens is 305 g/mol. The Balaban J connectivity index is 1.51. The molecule has 1 aromatic carbocycles. The first-order valence-electron chi connectivity index (χ1n) is 8.73. The van der Waals surface area contributed by atoms with Crippen molar-refractivity contribution >= 4 is 0 Å². The van der Waals surface area contributed by atoms with E-state index in [1.54, 1.807) is 7.11 Å². The van der Waals surface area contributed by atoms with E-state index in [0.29, 0.717) is 12.5 Å². The van der Waals surface area contributed by atoms with E-state index in [4.69, 9.17) is 9.84 Å². The molecule has 1 atom stereocenters. The minimum Gasteiger partial charge on any atom is -0.384 e. The molecule has 1 aromatic heterocycles. The summed E-state index contributed by atoms with van der Waals surface area (Å²) in [5.74, 6) is 0.991. The van der Waals surface area contributed by atoms with Crippen molar-refractivity contribution in [2.75, 3.05) is 20.3 Å². The van der Waals surface area contributed by atoms with Crippen LogP contribution in [0.25, 0.3) is 0 Å². The highest BCUT2D eigenvalue weighted by atomic mass is 19.1. The van der Waals surface area contributed by atoms with Crippen LogP contribution < -0.4 is 0 Å². The maximum atomic E-state index is 13.1. The molecule has 128 valence electrons. The van der Waals surface area contributed by atoms with E-state index in [2.05, 4.69) is 15.8 Å². The van der Waals surface area contributed by atoms with Crippen molar-refractivity contribution < 1.29 is 9.13 Å². The fraction of sp³-hybridized carbons (Fsp3) is 0.526. The Morgan fingerprint density at radius 3 is 2.75 bits per heavy atom. The minimum atomic E-state index is -0.184. The van der Waals surface area contributed by atoms with Gasteiger partial charge in [-0.2, -0.15) is 5.10 Å². The molecule has 0 N–H and O–H groups in total. The first-order valence-corrected chi connectivity index (χ1v) is 8.73. The highest BCUT2D eigenvalue weighted by Gasteiger charge is 2.29. The van der Waals surface area contributed by atoms with Crippen LogP contribution in [0.1, 0.15) is 35.6 Å². The number of benzene rings is 1. The SMILES string of the molecule is COCC1CN(Cc2ccc(F)cc2)Cc2nn(CC3CC3)cc21. The van der Waals surface area contributed by atoms with Crippen LogP contribution in [0.2, 0.25) is 0 Å². The molecule has 0 amide bonds. The van der Waals surface area contributed by atoms with Crippen molar-refractivity contribution in [1.29, 1.82) is 0 Å². The van der Waals surface area contributed by atoms with Crippen molar-refractivity contribution in [1.82, 2.24) is 14.7 Å². The third-order valence-corrected chi connectivity index (χ3v) is 4.99. The van der Waals surface area contributed by atoms with Crippen molar-refractivity contribution in [3.8, 4) is 0 Å². The maximum Gasteiger partial charge on any atom is 0.123 e. The van der Waals surface area contributed by atoms with E-state index in [-0.39, 0.29) is 5.82 Å². The molecule has 0 saturated heterocycles. The van der Waals surface area contributed by atoms with Gasteiger partial charge in [-0.1, -0.05) is 12.1 Å². The maximum absolute atomic E-state index is 13.1. The first-order chi connectivity index (χ1) is 11.7. The zero-order chi connectivity index (χ0) is 16.5. The number of hydrogen-bond donors (Lipinski definition) is 0. The zero-order valence-electron chi connectivity index (χ0n) is 14.1. The summed E-state index contributed by atoms with van der Waals surface area (Å²) in [7, 11) is 1.76. The van der Waals surface area contributed by atoms with Crippen LogP contribution in [0.5, 0.6) is 0 Å². The Morgan fingerprint density at radius 1 is 1.25 bits per heavy atom. The van der Waals surface area contributed by atoms with Crippen molar-refractivity contribution in [3.63, 3.8) is 0 Å². The summed E-state index contributed by atoms with van der Waals surface area (Å²) in [4.78, 5) is 2.38. The van der Waals surface area contributed by atoms with Crippen molar-refractivity contribution in [3.05, 3.63) is 53.1 Å². The summed E-state index contributed by atoms with van der Waals surface area (Å²) in [6, 6.07) is 6.78. The summed E-state index contributed by atoms with van der Waals surface area (Å²) in [6.45, 7) is 4.38. The van der Waals surface area contributed by atoms with Crippen LogP contribution in [0, 0.1) is 11.7 Å². The lowest BCUT2D eigenvalue weighted by molar-refractivity contribution is 0.135. The molecule has 5 heteroatoms. The van der Waals surface area contributed by atoms with E-state index in [1.165, 1.54) is 36.2 Å². The molecule has 1 saturated carbocycles. The highest BCUT2D eigenvalue weighted by molar-refractivity contribution is 5.26. The largest absolute Gasteiger partial charge is 0.384 e. The monoisotopic (exact) mass is 329 g/mol. The Bertz CT molecular complexity index is 693. The number of nitrogens with zero attached hydrogens (tertiary/aromatic N) is 3. The second kappa shape index (κ2) is 6.65. The molecular formula is C19H24FN3O. The lowest BCUT2D eigenvalue weighted by atomic mass is 9.95. The summed E-state index contributed by atoms with van der Waals surface area (Å²) in [5, 5.41) is 4.83. The van der Waals surface area contributed by atoms with Gasteiger partial charge < -0.3 is 4.74 Å². The molecule has 2 aliphatic rings. The predicted molar refractivity (Wildman–Crippen MR) is 90.1 cm³/mol. The van der Waals surface area contributed by atoms with Gasteiger partial charge in [-0.3, -0.25) is 9.58 Å². The second-order valence-corrected chi connectivity index (χ2v) is 7.14. The highest BCUT2D eigenvalue weighted by Crippen LogP contribution is 2.33. The number of ether oxygens (including phenoxy) is 1. The lowest BCUT2D eigenvalue weighted by Gasteiger charge is -2.31. The number of rotatable bonds is 6. The second-order valence-electron chi connectivity index (χ2n) is 7.14. The molecule has 1 fully saturated rings. The molecule has 0 spiro atoms. The number of halogens is 1. The average Bonchev–Trinajstić information content (AvgIpc) is 3.27. The van der Waals surface area contributed by atoms with E-state index in [0.717, 1.165) is 37.7 Å². The molecule has 2 aromatic rings. The molecule has 4 nitrogen and oxygen atoms in total. The smallest absolute Gasteiger partial charge is 0.123 e. The standard InChI is InChI=1S/C19H24FN3O/c1-24-13-16-10-22(8-14-4-6-17(20)7-5-14)12-19-18(16)11-23(21-19)9-15-2-3-15/h4-7,11,15-16H,2-3,8-10,12-13H2,1H3. The molecule has 1 aliphatic carbocycles. The Morgan fingerprint density at radius 2 is 2.04 bits per heavy atom. The van der Waals surface area contributed by atoms with E-state index >= 15 is 0 Å². The Kier molecular flexibility index (Phi) is 4.37. The van der Waals surface area contributed by atoms with Gasteiger partial charge in [0.25, 0.3) is 0 Å². The fourth-order valence-corrected chi connectivity index (χ4v) is 3.60. The first kappa shape index (κ1) is 15.8. The van der Waals surface area contributed by atoms with Gasteiger partial charge in [0.2, 0.25) is 0 Å². The van der Waals surface area contributed by atoms with Crippen molar-refractivity contribution in [2.24, 2.45) is 5.92 Å². The molecule has 0 radical (unpaired) electrons. The van der Waals surface area contributed by atoms with Crippen LogP contribution in [0.15, 0.2) is 30.5 Å². The molecule has 0 bridgehead atoms. The summed E-state index contributed by atoms with van der Waals surface area (Å²) in [6.07, 6.45) is 4.90. The topological polar surface area (TPSA) is 30.3 Å². The number of hydrogen-bond acceptors (Lipinski definition) is 3. The Hall–Kier alpha value is -1.72. The van der Waals surface area contributed by atoms with Crippen LogP contribution in [-0.4, -0.2) is 34.9 Å². The van der Waals surface area contributed by atoms with Crippen LogP contribution in [0.4, 0.5) is 4.39 Å². The molecule has 1 aliphatic heterocycles. The Labute approximate surface area is 142 Å².